The maximum absolute atomic E-state index is 13.3. The van der Waals surface area contributed by atoms with Gasteiger partial charge in [-0.1, -0.05) is 6.07 Å². The summed E-state index contributed by atoms with van der Waals surface area (Å²) < 4.78 is 30.1. The second-order valence-corrected chi connectivity index (χ2v) is 5.89. The third-order valence-electron chi connectivity index (χ3n) is 4.21. The van der Waals surface area contributed by atoms with Crippen LogP contribution in [0.4, 0.5) is 4.39 Å². The summed E-state index contributed by atoms with van der Waals surface area (Å²) in [4.78, 5) is 0. The van der Waals surface area contributed by atoms with Crippen LogP contribution in [0, 0.1) is 5.82 Å². The van der Waals surface area contributed by atoms with E-state index >= 15 is 0 Å². The largest absolute Gasteiger partial charge is 0.493 e. The Labute approximate surface area is 130 Å². The van der Waals surface area contributed by atoms with Crippen molar-refractivity contribution in [1.29, 1.82) is 0 Å². The van der Waals surface area contributed by atoms with E-state index in [1.165, 1.54) is 12.1 Å². The average molecular weight is 309 g/mol. The molecule has 0 aliphatic carbocycles. The number of nitrogens with one attached hydrogen (secondary N) is 1. The maximum Gasteiger partial charge on any atom is 0.126 e. The number of hydrogen-bond donors (Lipinski definition) is 1. The van der Waals surface area contributed by atoms with Crippen molar-refractivity contribution in [3.63, 3.8) is 0 Å². The van der Waals surface area contributed by atoms with Crippen molar-refractivity contribution < 1.29 is 18.6 Å². The summed E-state index contributed by atoms with van der Waals surface area (Å²) in [5.74, 6) is 0.412. The molecule has 0 aromatic heterocycles. The Balaban J connectivity index is 1.45. The number of ether oxygens (including phenoxy) is 3. The molecule has 2 atom stereocenters. The minimum Gasteiger partial charge on any atom is -0.493 e. The van der Waals surface area contributed by atoms with Gasteiger partial charge in [-0.15, -0.1) is 0 Å². The number of fused-ring (bicyclic) bond motifs is 1. The van der Waals surface area contributed by atoms with Crippen LogP contribution >= 0.6 is 0 Å². The molecular formula is C17H24FNO3. The topological polar surface area (TPSA) is 39.7 Å². The summed E-state index contributed by atoms with van der Waals surface area (Å²) in [6.07, 6.45) is 4.47. The maximum atomic E-state index is 13.3. The normalized spacial score (nSPS) is 24.6. The summed E-state index contributed by atoms with van der Waals surface area (Å²) in [5.41, 5.74) is 1.04. The van der Waals surface area contributed by atoms with Gasteiger partial charge in [-0.2, -0.15) is 0 Å². The van der Waals surface area contributed by atoms with E-state index in [0.717, 1.165) is 44.4 Å². The fraction of sp³-hybridized carbons (Fsp3) is 0.647. The third kappa shape index (κ3) is 4.18. The second kappa shape index (κ2) is 7.90. The van der Waals surface area contributed by atoms with Crippen molar-refractivity contribution >= 4 is 0 Å². The molecule has 122 valence electrons. The molecule has 1 aromatic rings. The average Bonchev–Trinajstić information content (AvgIpc) is 2.95. The first-order chi connectivity index (χ1) is 10.8. The van der Waals surface area contributed by atoms with Gasteiger partial charge in [0.05, 0.1) is 25.9 Å². The highest BCUT2D eigenvalue weighted by Gasteiger charge is 2.20. The Kier molecular flexibility index (Phi) is 5.64. The summed E-state index contributed by atoms with van der Waals surface area (Å²) in [5, 5.41) is 3.49. The lowest BCUT2D eigenvalue weighted by Gasteiger charge is -2.19. The highest BCUT2D eigenvalue weighted by molar-refractivity contribution is 5.37. The van der Waals surface area contributed by atoms with E-state index in [-0.39, 0.29) is 18.0 Å². The van der Waals surface area contributed by atoms with E-state index in [9.17, 15) is 4.39 Å². The molecule has 22 heavy (non-hydrogen) atoms. The molecule has 0 amide bonds. The molecule has 4 nitrogen and oxygen atoms in total. The van der Waals surface area contributed by atoms with E-state index < -0.39 is 0 Å². The molecule has 1 N–H and O–H groups in total. The van der Waals surface area contributed by atoms with E-state index in [1.807, 2.05) is 6.07 Å². The first-order valence-electron chi connectivity index (χ1n) is 8.18. The van der Waals surface area contributed by atoms with Crippen molar-refractivity contribution in [2.24, 2.45) is 0 Å². The van der Waals surface area contributed by atoms with Crippen molar-refractivity contribution in [2.45, 2.75) is 37.8 Å². The van der Waals surface area contributed by atoms with Crippen LogP contribution in [0.25, 0.3) is 0 Å². The van der Waals surface area contributed by atoms with Crippen molar-refractivity contribution in [3.05, 3.63) is 29.6 Å². The van der Waals surface area contributed by atoms with Gasteiger partial charge in [0.15, 0.2) is 0 Å². The van der Waals surface area contributed by atoms with Gasteiger partial charge in [0.25, 0.3) is 0 Å². The zero-order valence-electron chi connectivity index (χ0n) is 12.9. The van der Waals surface area contributed by atoms with Crippen molar-refractivity contribution in [1.82, 2.24) is 5.32 Å². The fourth-order valence-electron chi connectivity index (χ4n) is 3.05. The number of benzene rings is 1. The third-order valence-corrected chi connectivity index (χ3v) is 4.21. The Morgan fingerprint density at radius 1 is 1.23 bits per heavy atom. The van der Waals surface area contributed by atoms with E-state index in [0.29, 0.717) is 25.6 Å². The highest BCUT2D eigenvalue weighted by Crippen LogP contribution is 2.31. The lowest BCUT2D eigenvalue weighted by atomic mass is 10.0. The molecule has 5 heteroatoms. The molecule has 0 spiro atoms. The number of hydrogen-bond acceptors (Lipinski definition) is 4. The molecule has 1 fully saturated rings. The summed E-state index contributed by atoms with van der Waals surface area (Å²) in [7, 11) is 0. The molecule has 0 unspecified atom stereocenters. The highest BCUT2D eigenvalue weighted by atomic mass is 19.1. The van der Waals surface area contributed by atoms with E-state index in [1.54, 1.807) is 0 Å². The Bertz CT molecular complexity index is 477. The smallest absolute Gasteiger partial charge is 0.126 e. The Morgan fingerprint density at radius 2 is 2.14 bits per heavy atom. The summed E-state index contributed by atoms with van der Waals surface area (Å²) >= 11 is 0. The predicted molar refractivity (Wildman–Crippen MR) is 81.7 cm³/mol. The Hall–Kier alpha value is -1.17. The monoisotopic (exact) mass is 309 g/mol. The van der Waals surface area contributed by atoms with Crippen LogP contribution in [-0.2, 0) is 9.47 Å². The zero-order valence-corrected chi connectivity index (χ0v) is 12.9. The lowest BCUT2D eigenvalue weighted by molar-refractivity contribution is 0.0178. The van der Waals surface area contributed by atoms with E-state index in [2.05, 4.69) is 5.32 Å². The number of halogens is 1. The fourth-order valence-corrected chi connectivity index (χ4v) is 3.05. The first kappa shape index (κ1) is 15.7. The standard InChI is InChI=1S/C17H24FNO3/c18-13-5-6-15-16(4-2-9-22-17(15)11-13)19-7-10-20-12-14-3-1-8-21-14/h5-6,11,14,16,19H,1-4,7-10,12H2/t14-,16-/m0/s1. The second-order valence-electron chi connectivity index (χ2n) is 5.89. The molecule has 3 rings (SSSR count). The zero-order chi connectivity index (χ0) is 15.2. The first-order valence-corrected chi connectivity index (χ1v) is 8.18. The lowest BCUT2D eigenvalue weighted by Crippen LogP contribution is -2.26. The van der Waals surface area contributed by atoms with Gasteiger partial charge in [0.1, 0.15) is 11.6 Å². The summed E-state index contributed by atoms with van der Waals surface area (Å²) in [6.45, 7) is 3.62. The quantitative estimate of drug-likeness (QED) is 0.820. The molecule has 0 radical (unpaired) electrons. The van der Waals surface area contributed by atoms with Gasteiger partial charge >= 0.3 is 0 Å². The van der Waals surface area contributed by atoms with Crippen LogP contribution in [0.15, 0.2) is 18.2 Å². The van der Waals surface area contributed by atoms with Crippen molar-refractivity contribution in [2.75, 3.05) is 33.0 Å². The van der Waals surface area contributed by atoms with Crippen LogP contribution in [0.3, 0.4) is 0 Å². The van der Waals surface area contributed by atoms with Crippen LogP contribution in [0.2, 0.25) is 0 Å². The molecule has 0 bridgehead atoms. The molecule has 1 aromatic carbocycles. The van der Waals surface area contributed by atoms with Crippen molar-refractivity contribution in [3.8, 4) is 5.75 Å². The van der Waals surface area contributed by atoms with Crippen LogP contribution in [0.5, 0.6) is 5.75 Å². The SMILES string of the molecule is Fc1ccc2c(c1)OCCC[C@@H]2NCCOC[C@@H]1CCCO1. The van der Waals surface area contributed by atoms with Crippen LogP contribution in [-0.4, -0.2) is 39.1 Å². The molecule has 0 saturated carbocycles. The van der Waals surface area contributed by atoms with Crippen LogP contribution < -0.4 is 10.1 Å². The van der Waals surface area contributed by atoms with Gasteiger partial charge in [-0.25, -0.2) is 4.39 Å². The van der Waals surface area contributed by atoms with Gasteiger partial charge in [0.2, 0.25) is 0 Å². The van der Waals surface area contributed by atoms with Gasteiger partial charge < -0.3 is 19.5 Å². The molecule has 2 aliphatic heterocycles. The summed E-state index contributed by atoms with van der Waals surface area (Å²) in [6, 6.07) is 4.99. The predicted octanol–water partition coefficient (Wildman–Crippen LogP) is 2.82. The number of rotatable bonds is 6. The minimum atomic E-state index is -0.251. The minimum absolute atomic E-state index is 0.199. The molecule has 2 aliphatic rings. The molecule has 1 saturated heterocycles. The molecule has 2 heterocycles. The van der Waals surface area contributed by atoms with Gasteiger partial charge in [-0.3, -0.25) is 0 Å². The van der Waals surface area contributed by atoms with Crippen LogP contribution in [0.1, 0.15) is 37.3 Å². The van der Waals surface area contributed by atoms with E-state index in [4.69, 9.17) is 14.2 Å². The van der Waals surface area contributed by atoms with Gasteiger partial charge in [0, 0.05) is 30.8 Å². The Morgan fingerprint density at radius 3 is 3.00 bits per heavy atom. The molecular weight excluding hydrogens is 285 g/mol. The van der Waals surface area contributed by atoms with Gasteiger partial charge in [-0.05, 0) is 31.7 Å².